The summed E-state index contributed by atoms with van der Waals surface area (Å²) in [6.07, 6.45) is 7.37. The maximum absolute atomic E-state index is 13.3. The molecule has 154 valence electrons. The van der Waals surface area contributed by atoms with E-state index >= 15 is 0 Å². The molecule has 0 N–H and O–H groups in total. The van der Waals surface area contributed by atoms with Crippen LogP contribution in [-0.2, 0) is 14.6 Å². The Kier molecular flexibility index (Phi) is 6.98. The second kappa shape index (κ2) is 9.08. The highest BCUT2D eigenvalue weighted by atomic mass is 35.5. The minimum absolute atomic E-state index is 0.193. The van der Waals surface area contributed by atoms with E-state index in [2.05, 4.69) is 0 Å². The molecule has 2 atom stereocenters. The Balaban J connectivity index is 1.94. The molecule has 2 aliphatic carbocycles. The van der Waals surface area contributed by atoms with Gasteiger partial charge in [-0.15, -0.1) is 0 Å². The third-order valence-corrected chi connectivity index (χ3v) is 9.35. The van der Waals surface area contributed by atoms with Gasteiger partial charge in [0.1, 0.15) is 5.78 Å². The molecule has 1 aromatic carbocycles. The van der Waals surface area contributed by atoms with Crippen LogP contribution < -0.4 is 0 Å². The first kappa shape index (κ1) is 21.5. The van der Waals surface area contributed by atoms with Gasteiger partial charge in [0.15, 0.2) is 9.84 Å². The van der Waals surface area contributed by atoms with Crippen molar-refractivity contribution in [3.05, 3.63) is 28.8 Å². The maximum atomic E-state index is 13.3. The number of nitrogens with zero attached hydrogens (tertiary/aromatic N) is 1. The van der Waals surface area contributed by atoms with Crippen molar-refractivity contribution in [3.8, 4) is 0 Å². The summed E-state index contributed by atoms with van der Waals surface area (Å²) in [5, 5.41) is -0.281. The van der Waals surface area contributed by atoms with E-state index in [4.69, 9.17) is 16.6 Å². The molecule has 2 fully saturated rings. The standard InChI is InChI=1S/C22H30ClNO3S/c1-3-22(28(26,27)17-8-5-4-6-9-17)16-12-13-18(23)20(14-16)24-19-10-7-11-21(25)15(19)2/h12-15,17,22H,3-11H2,1-2H3. The number of halogens is 1. The van der Waals surface area contributed by atoms with E-state index < -0.39 is 15.1 Å². The summed E-state index contributed by atoms with van der Waals surface area (Å²) in [6, 6.07) is 5.37. The van der Waals surface area contributed by atoms with E-state index in [9.17, 15) is 13.2 Å². The number of rotatable bonds is 5. The molecule has 1 aromatic rings. The summed E-state index contributed by atoms with van der Waals surface area (Å²) in [5.41, 5.74) is 2.18. The molecular formula is C22H30ClNO3S. The summed E-state index contributed by atoms with van der Waals surface area (Å²) in [7, 11) is -3.26. The normalized spacial score (nSPS) is 24.5. The van der Waals surface area contributed by atoms with E-state index in [0.717, 1.165) is 56.2 Å². The van der Waals surface area contributed by atoms with E-state index in [1.54, 1.807) is 6.07 Å². The fraction of sp³-hybridized carbons (Fsp3) is 0.636. The zero-order chi connectivity index (χ0) is 20.3. The van der Waals surface area contributed by atoms with Crippen LogP contribution in [0.4, 0.5) is 5.69 Å². The van der Waals surface area contributed by atoms with Gasteiger partial charge in [-0.05, 0) is 49.8 Å². The lowest BCUT2D eigenvalue weighted by molar-refractivity contribution is -0.121. The van der Waals surface area contributed by atoms with Crippen LogP contribution in [0.15, 0.2) is 23.2 Å². The summed E-state index contributed by atoms with van der Waals surface area (Å²) in [4.78, 5) is 16.7. The van der Waals surface area contributed by atoms with E-state index in [0.29, 0.717) is 23.6 Å². The summed E-state index contributed by atoms with van der Waals surface area (Å²) < 4.78 is 26.6. The van der Waals surface area contributed by atoms with Crippen molar-refractivity contribution in [3.63, 3.8) is 0 Å². The molecule has 0 spiro atoms. The fourth-order valence-corrected chi connectivity index (χ4v) is 7.07. The van der Waals surface area contributed by atoms with Gasteiger partial charge in [-0.25, -0.2) is 8.42 Å². The second-order valence-electron chi connectivity index (χ2n) is 8.10. The van der Waals surface area contributed by atoms with Crippen LogP contribution in [0.2, 0.25) is 5.02 Å². The molecule has 2 saturated carbocycles. The van der Waals surface area contributed by atoms with Crippen LogP contribution in [0, 0.1) is 5.92 Å². The average Bonchev–Trinajstić information content (AvgIpc) is 2.69. The third kappa shape index (κ3) is 4.51. The lowest BCUT2D eigenvalue weighted by atomic mass is 9.87. The van der Waals surface area contributed by atoms with Gasteiger partial charge in [0.05, 0.1) is 27.1 Å². The minimum Gasteiger partial charge on any atom is -0.299 e. The van der Waals surface area contributed by atoms with E-state index in [1.165, 1.54) is 0 Å². The zero-order valence-corrected chi connectivity index (χ0v) is 18.4. The predicted molar refractivity (Wildman–Crippen MR) is 115 cm³/mol. The summed E-state index contributed by atoms with van der Waals surface area (Å²) in [6.45, 7) is 3.81. The Bertz CT molecular complexity index is 857. The lowest BCUT2D eigenvalue weighted by Gasteiger charge is -2.27. The molecule has 6 heteroatoms. The second-order valence-corrected chi connectivity index (χ2v) is 10.9. The highest BCUT2D eigenvalue weighted by Crippen LogP contribution is 2.38. The van der Waals surface area contributed by atoms with Crippen LogP contribution in [0.5, 0.6) is 0 Å². The molecular weight excluding hydrogens is 394 g/mol. The first-order valence-electron chi connectivity index (χ1n) is 10.5. The van der Waals surface area contributed by atoms with Gasteiger partial charge in [-0.1, -0.05) is 50.8 Å². The zero-order valence-electron chi connectivity index (χ0n) is 16.8. The number of aliphatic imine (C=N–C) groups is 1. The van der Waals surface area contributed by atoms with Crippen molar-refractivity contribution in [2.75, 3.05) is 0 Å². The van der Waals surface area contributed by atoms with Gasteiger partial charge in [-0.2, -0.15) is 0 Å². The number of hydrogen-bond acceptors (Lipinski definition) is 4. The highest BCUT2D eigenvalue weighted by molar-refractivity contribution is 7.92. The average molecular weight is 424 g/mol. The number of carbonyl (C=O) groups is 1. The van der Waals surface area contributed by atoms with Crippen LogP contribution in [-0.4, -0.2) is 25.2 Å². The molecule has 0 amide bonds. The third-order valence-electron chi connectivity index (χ3n) is 6.23. The summed E-state index contributed by atoms with van der Waals surface area (Å²) in [5.74, 6) is 0.0185. The Labute approximate surface area is 173 Å². The maximum Gasteiger partial charge on any atom is 0.160 e. The van der Waals surface area contributed by atoms with Crippen molar-refractivity contribution < 1.29 is 13.2 Å². The molecule has 0 aliphatic heterocycles. The first-order chi connectivity index (χ1) is 13.3. The molecule has 0 radical (unpaired) electrons. The Morgan fingerprint density at radius 3 is 2.54 bits per heavy atom. The van der Waals surface area contributed by atoms with Crippen LogP contribution >= 0.6 is 11.6 Å². The van der Waals surface area contributed by atoms with Crippen molar-refractivity contribution in [2.24, 2.45) is 10.9 Å². The quantitative estimate of drug-likeness (QED) is 0.583. The molecule has 4 nitrogen and oxygen atoms in total. The Hall–Kier alpha value is -1.20. The molecule has 3 rings (SSSR count). The molecule has 2 unspecified atom stereocenters. The monoisotopic (exact) mass is 423 g/mol. The minimum atomic E-state index is -3.26. The lowest BCUT2D eigenvalue weighted by Crippen LogP contribution is -2.28. The number of benzene rings is 1. The smallest absolute Gasteiger partial charge is 0.160 e. The molecule has 0 aromatic heterocycles. The number of ketones is 1. The first-order valence-corrected chi connectivity index (χ1v) is 12.5. The Morgan fingerprint density at radius 1 is 1.14 bits per heavy atom. The highest BCUT2D eigenvalue weighted by Gasteiger charge is 2.35. The summed E-state index contributed by atoms with van der Waals surface area (Å²) >= 11 is 6.37. The van der Waals surface area contributed by atoms with Gasteiger partial charge in [0, 0.05) is 12.1 Å². The number of hydrogen-bond donors (Lipinski definition) is 0. The topological polar surface area (TPSA) is 63.6 Å². The van der Waals surface area contributed by atoms with Crippen molar-refractivity contribution in [2.45, 2.75) is 82.1 Å². The Morgan fingerprint density at radius 2 is 1.86 bits per heavy atom. The largest absolute Gasteiger partial charge is 0.299 e. The van der Waals surface area contributed by atoms with Gasteiger partial charge in [-0.3, -0.25) is 9.79 Å². The SMILES string of the molecule is CCC(c1ccc(Cl)c(N=C2CCCC(=O)C2C)c1)S(=O)(=O)C1CCCCC1. The van der Waals surface area contributed by atoms with Gasteiger partial charge < -0.3 is 0 Å². The van der Waals surface area contributed by atoms with E-state index in [-0.39, 0.29) is 17.0 Å². The number of Topliss-reactive ketones (excluding diaryl/α,β-unsaturated/α-hetero) is 1. The molecule has 0 heterocycles. The number of sulfone groups is 1. The molecule has 0 saturated heterocycles. The van der Waals surface area contributed by atoms with Crippen LogP contribution in [0.1, 0.15) is 82.4 Å². The fourth-order valence-electron chi connectivity index (χ4n) is 4.47. The van der Waals surface area contributed by atoms with Gasteiger partial charge in [0.2, 0.25) is 0 Å². The van der Waals surface area contributed by atoms with Crippen molar-refractivity contribution in [1.82, 2.24) is 0 Å². The number of carbonyl (C=O) groups excluding carboxylic acids is 1. The molecule has 2 aliphatic rings. The van der Waals surface area contributed by atoms with Crippen molar-refractivity contribution >= 4 is 38.6 Å². The molecule has 28 heavy (non-hydrogen) atoms. The van der Waals surface area contributed by atoms with Gasteiger partial charge in [0.25, 0.3) is 0 Å². The van der Waals surface area contributed by atoms with Crippen molar-refractivity contribution in [1.29, 1.82) is 0 Å². The van der Waals surface area contributed by atoms with Gasteiger partial charge >= 0.3 is 0 Å². The van der Waals surface area contributed by atoms with Crippen LogP contribution in [0.3, 0.4) is 0 Å². The van der Waals surface area contributed by atoms with E-state index in [1.807, 2.05) is 26.0 Å². The van der Waals surface area contributed by atoms with Crippen LogP contribution in [0.25, 0.3) is 0 Å². The molecule has 0 bridgehead atoms. The predicted octanol–water partition coefficient (Wildman–Crippen LogP) is 6.00.